The third kappa shape index (κ3) is 2.24. The summed E-state index contributed by atoms with van der Waals surface area (Å²) in [4.78, 5) is 23.9. The number of methoxy groups -OCH3 is 1. The number of carbonyl (C=O) groups excluding carboxylic acids is 1. The summed E-state index contributed by atoms with van der Waals surface area (Å²) in [6.07, 6.45) is 5.13. The van der Waals surface area contributed by atoms with Crippen LogP contribution in [0.2, 0.25) is 0 Å². The van der Waals surface area contributed by atoms with E-state index in [9.17, 15) is 9.59 Å². The standard InChI is InChI=1S/C17H18O4/c1-3-11-12-7-5-4-6-10(12)8-13-14(18)9-15(17(19)20-2)21-16(11)13/h8-9H,3-7H2,1-2H3. The molecule has 3 rings (SSSR count). The number of carbonyl (C=O) groups is 1. The topological polar surface area (TPSA) is 56.5 Å². The second-order valence-corrected chi connectivity index (χ2v) is 5.40. The fourth-order valence-electron chi connectivity index (χ4n) is 3.18. The van der Waals surface area contributed by atoms with Crippen LogP contribution in [-0.2, 0) is 24.0 Å². The van der Waals surface area contributed by atoms with E-state index in [4.69, 9.17) is 4.42 Å². The van der Waals surface area contributed by atoms with Gasteiger partial charge in [-0.25, -0.2) is 4.79 Å². The Labute approximate surface area is 122 Å². The molecule has 1 heterocycles. The largest absolute Gasteiger partial charge is 0.463 e. The minimum atomic E-state index is -0.617. The van der Waals surface area contributed by atoms with Gasteiger partial charge in [-0.05, 0) is 54.9 Å². The van der Waals surface area contributed by atoms with Gasteiger partial charge in [-0.3, -0.25) is 4.79 Å². The molecule has 0 unspecified atom stereocenters. The third-order valence-electron chi connectivity index (χ3n) is 4.19. The number of fused-ring (bicyclic) bond motifs is 2. The Bertz CT molecular complexity index is 770. The smallest absolute Gasteiger partial charge is 0.374 e. The van der Waals surface area contributed by atoms with E-state index >= 15 is 0 Å². The first-order chi connectivity index (χ1) is 10.2. The average molecular weight is 286 g/mol. The molecule has 1 aromatic heterocycles. The van der Waals surface area contributed by atoms with Gasteiger partial charge in [-0.2, -0.15) is 0 Å². The Morgan fingerprint density at radius 2 is 2.05 bits per heavy atom. The minimum absolute atomic E-state index is 0.0274. The number of ether oxygens (including phenoxy) is 1. The summed E-state index contributed by atoms with van der Waals surface area (Å²) < 4.78 is 10.4. The van der Waals surface area contributed by atoms with E-state index in [1.54, 1.807) is 0 Å². The van der Waals surface area contributed by atoms with Gasteiger partial charge in [0, 0.05) is 6.07 Å². The van der Waals surface area contributed by atoms with Crippen LogP contribution in [0.4, 0.5) is 0 Å². The quantitative estimate of drug-likeness (QED) is 0.796. The van der Waals surface area contributed by atoms with Crippen molar-refractivity contribution in [2.24, 2.45) is 0 Å². The van der Waals surface area contributed by atoms with Crippen molar-refractivity contribution < 1.29 is 13.9 Å². The second kappa shape index (κ2) is 5.35. The highest BCUT2D eigenvalue weighted by Gasteiger charge is 2.20. The molecule has 0 fully saturated rings. The molecule has 1 aliphatic rings. The van der Waals surface area contributed by atoms with E-state index < -0.39 is 5.97 Å². The van der Waals surface area contributed by atoms with Gasteiger partial charge in [0.2, 0.25) is 5.76 Å². The van der Waals surface area contributed by atoms with E-state index in [-0.39, 0.29) is 11.2 Å². The molecular formula is C17H18O4. The van der Waals surface area contributed by atoms with E-state index in [2.05, 4.69) is 11.7 Å². The van der Waals surface area contributed by atoms with E-state index in [0.717, 1.165) is 37.7 Å². The molecule has 1 aliphatic carbocycles. The summed E-state index contributed by atoms with van der Waals surface area (Å²) in [7, 11) is 1.28. The number of hydrogen-bond donors (Lipinski definition) is 0. The van der Waals surface area contributed by atoms with Gasteiger partial charge in [0.05, 0.1) is 12.5 Å². The SMILES string of the molecule is CCc1c2c(cc3c(=O)cc(C(=O)OC)oc13)CCCC2. The number of rotatable bonds is 2. The average Bonchev–Trinajstić information content (AvgIpc) is 2.52. The summed E-state index contributed by atoms with van der Waals surface area (Å²) in [6, 6.07) is 3.17. The molecule has 0 radical (unpaired) electrons. The minimum Gasteiger partial charge on any atom is -0.463 e. The number of aryl methyl sites for hydroxylation is 2. The molecule has 0 saturated carbocycles. The molecule has 0 atom stereocenters. The lowest BCUT2D eigenvalue weighted by atomic mass is 9.86. The molecule has 0 N–H and O–H groups in total. The Hall–Kier alpha value is -2.10. The summed E-state index contributed by atoms with van der Waals surface area (Å²) in [6.45, 7) is 2.05. The fraction of sp³-hybridized carbons (Fsp3) is 0.412. The maximum Gasteiger partial charge on any atom is 0.374 e. The molecule has 4 heteroatoms. The van der Waals surface area contributed by atoms with Crippen LogP contribution in [-0.4, -0.2) is 13.1 Å². The highest BCUT2D eigenvalue weighted by Crippen LogP contribution is 2.31. The predicted octanol–water partition coefficient (Wildman–Crippen LogP) is 3.02. The number of esters is 1. The molecule has 0 spiro atoms. The van der Waals surface area contributed by atoms with Gasteiger partial charge in [0.25, 0.3) is 0 Å². The molecule has 0 amide bonds. The molecule has 0 bridgehead atoms. The Morgan fingerprint density at radius 3 is 2.76 bits per heavy atom. The maximum atomic E-state index is 12.3. The molecule has 0 saturated heterocycles. The van der Waals surface area contributed by atoms with Gasteiger partial charge in [-0.15, -0.1) is 0 Å². The zero-order chi connectivity index (χ0) is 15.0. The lowest BCUT2D eigenvalue weighted by molar-refractivity contribution is 0.0565. The summed E-state index contributed by atoms with van der Waals surface area (Å²) >= 11 is 0. The van der Waals surface area contributed by atoms with Crippen molar-refractivity contribution in [2.45, 2.75) is 39.0 Å². The predicted molar refractivity (Wildman–Crippen MR) is 79.8 cm³/mol. The summed E-state index contributed by atoms with van der Waals surface area (Å²) in [5, 5.41) is 0.570. The monoisotopic (exact) mass is 286 g/mol. The van der Waals surface area contributed by atoms with Gasteiger partial charge < -0.3 is 9.15 Å². The maximum absolute atomic E-state index is 12.3. The normalized spacial score (nSPS) is 14.0. The van der Waals surface area contributed by atoms with Gasteiger partial charge in [-0.1, -0.05) is 6.92 Å². The van der Waals surface area contributed by atoms with Crippen molar-refractivity contribution in [3.8, 4) is 0 Å². The van der Waals surface area contributed by atoms with Crippen molar-refractivity contribution in [1.29, 1.82) is 0 Å². The molecule has 2 aromatic rings. The van der Waals surface area contributed by atoms with E-state index in [1.807, 2.05) is 6.07 Å². The number of benzene rings is 1. The fourth-order valence-corrected chi connectivity index (χ4v) is 3.18. The van der Waals surface area contributed by atoms with Crippen LogP contribution in [0, 0.1) is 0 Å². The van der Waals surface area contributed by atoms with Gasteiger partial charge >= 0.3 is 5.97 Å². The molecular weight excluding hydrogens is 268 g/mol. The van der Waals surface area contributed by atoms with Crippen molar-refractivity contribution in [1.82, 2.24) is 0 Å². The van der Waals surface area contributed by atoms with Crippen LogP contribution in [0.3, 0.4) is 0 Å². The van der Waals surface area contributed by atoms with Crippen molar-refractivity contribution in [3.63, 3.8) is 0 Å². The zero-order valence-electron chi connectivity index (χ0n) is 12.3. The van der Waals surface area contributed by atoms with Crippen molar-refractivity contribution >= 4 is 16.9 Å². The lowest BCUT2D eigenvalue weighted by Crippen LogP contribution is -2.13. The molecule has 110 valence electrons. The van der Waals surface area contributed by atoms with Crippen LogP contribution < -0.4 is 5.43 Å². The highest BCUT2D eigenvalue weighted by molar-refractivity contribution is 5.90. The molecule has 21 heavy (non-hydrogen) atoms. The summed E-state index contributed by atoms with van der Waals surface area (Å²) in [5.74, 6) is -0.644. The Morgan fingerprint density at radius 1 is 1.29 bits per heavy atom. The van der Waals surface area contributed by atoms with Crippen LogP contribution >= 0.6 is 0 Å². The molecule has 1 aromatic carbocycles. The third-order valence-corrected chi connectivity index (χ3v) is 4.19. The Kier molecular flexibility index (Phi) is 3.53. The summed E-state index contributed by atoms with van der Waals surface area (Å²) in [5.41, 5.74) is 3.97. The first kappa shape index (κ1) is 13.9. The van der Waals surface area contributed by atoms with E-state index in [0.29, 0.717) is 11.0 Å². The zero-order valence-corrected chi connectivity index (χ0v) is 12.3. The van der Waals surface area contributed by atoms with Crippen molar-refractivity contribution in [2.75, 3.05) is 7.11 Å². The highest BCUT2D eigenvalue weighted by atomic mass is 16.5. The Balaban J connectivity index is 2.35. The first-order valence-corrected chi connectivity index (χ1v) is 7.35. The van der Waals surface area contributed by atoms with Crippen molar-refractivity contribution in [3.05, 3.63) is 44.8 Å². The van der Waals surface area contributed by atoms with Gasteiger partial charge in [0.15, 0.2) is 5.43 Å². The van der Waals surface area contributed by atoms with Crippen LogP contribution in [0.25, 0.3) is 11.0 Å². The first-order valence-electron chi connectivity index (χ1n) is 7.35. The van der Waals surface area contributed by atoms with Gasteiger partial charge in [0.1, 0.15) is 5.58 Å². The molecule has 4 nitrogen and oxygen atoms in total. The van der Waals surface area contributed by atoms with Crippen LogP contribution in [0.15, 0.2) is 21.3 Å². The number of hydrogen-bond acceptors (Lipinski definition) is 4. The lowest BCUT2D eigenvalue weighted by Gasteiger charge is -2.20. The van der Waals surface area contributed by atoms with Crippen LogP contribution in [0.1, 0.15) is 47.0 Å². The van der Waals surface area contributed by atoms with Crippen LogP contribution in [0.5, 0.6) is 0 Å². The second-order valence-electron chi connectivity index (χ2n) is 5.40. The molecule has 0 aliphatic heterocycles. The van der Waals surface area contributed by atoms with E-state index in [1.165, 1.54) is 24.3 Å².